The van der Waals surface area contributed by atoms with E-state index in [0.717, 1.165) is 12.0 Å². The average molecular weight is 170 g/mol. The zero-order chi connectivity index (χ0) is 8.81. The quantitative estimate of drug-likeness (QED) is 0.507. The van der Waals surface area contributed by atoms with E-state index < -0.39 is 0 Å². The van der Waals surface area contributed by atoms with Crippen LogP contribution in [0.1, 0.15) is 6.42 Å². The predicted octanol–water partition coefficient (Wildman–Crippen LogP) is -0.983. The van der Waals surface area contributed by atoms with E-state index in [1.165, 1.54) is 0 Å². The maximum absolute atomic E-state index is 8.65. The summed E-state index contributed by atoms with van der Waals surface area (Å²) in [7, 11) is 0. The first-order valence-electron chi connectivity index (χ1n) is 3.94. The second-order valence-corrected chi connectivity index (χ2v) is 2.52. The summed E-state index contributed by atoms with van der Waals surface area (Å²) in [4.78, 5) is 0. The van der Waals surface area contributed by atoms with Crippen molar-refractivity contribution in [3.05, 3.63) is 11.8 Å². The number of hydrazine groups is 1. The van der Waals surface area contributed by atoms with E-state index in [1.54, 1.807) is 11.2 Å². The Morgan fingerprint density at radius 1 is 1.67 bits per heavy atom. The van der Waals surface area contributed by atoms with Crippen molar-refractivity contribution in [3.63, 3.8) is 0 Å². The molecule has 0 bridgehead atoms. The van der Waals surface area contributed by atoms with Crippen molar-refractivity contribution in [2.75, 3.05) is 19.7 Å². The second kappa shape index (κ2) is 4.74. The van der Waals surface area contributed by atoms with Crippen LogP contribution in [0.25, 0.3) is 0 Å². The summed E-state index contributed by atoms with van der Waals surface area (Å²) in [6, 6.07) is 0. The molecular formula is C7H14N4O. The molecule has 0 fully saturated rings. The number of nitrogens with zero attached hydrogens (tertiary/aromatic N) is 2. The fraction of sp³-hybridized carbons (Fsp3) is 0.571. The monoisotopic (exact) mass is 170 g/mol. The van der Waals surface area contributed by atoms with Crippen molar-refractivity contribution < 1.29 is 5.11 Å². The molecule has 5 nitrogen and oxygen atoms in total. The van der Waals surface area contributed by atoms with Gasteiger partial charge in [0.05, 0.1) is 19.4 Å². The third-order valence-electron chi connectivity index (χ3n) is 1.51. The minimum atomic E-state index is 0.106. The molecule has 0 spiro atoms. The van der Waals surface area contributed by atoms with Crippen molar-refractivity contribution in [3.8, 4) is 0 Å². The van der Waals surface area contributed by atoms with Crippen molar-refractivity contribution in [2.24, 2.45) is 10.8 Å². The number of nitrogens with one attached hydrogen (secondary N) is 1. The van der Waals surface area contributed by atoms with Crippen molar-refractivity contribution in [2.45, 2.75) is 6.42 Å². The SMILES string of the molecule is NCCC1=CN(CCO)NN=C1. The largest absolute Gasteiger partial charge is 0.394 e. The van der Waals surface area contributed by atoms with Crippen LogP contribution in [-0.2, 0) is 0 Å². The van der Waals surface area contributed by atoms with Crippen LogP contribution in [0.3, 0.4) is 0 Å². The summed E-state index contributed by atoms with van der Waals surface area (Å²) < 4.78 is 0. The van der Waals surface area contributed by atoms with Gasteiger partial charge in [-0.05, 0) is 18.5 Å². The first kappa shape index (κ1) is 9.02. The van der Waals surface area contributed by atoms with Crippen LogP contribution in [0.5, 0.6) is 0 Å². The Morgan fingerprint density at radius 3 is 3.17 bits per heavy atom. The average Bonchev–Trinajstić information content (AvgIpc) is 2.06. The first-order chi connectivity index (χ1) is 5.86. The third-order valence-corrected chi connectivity index (χ3v) is 1.51. The molecule has 1 rings (SSSR count). The summed E-state index contributed by atoms with van der Waals surface area (Å²) in [5.41, 5.74) is 9.20. The van der Waals surface area contributed by atoms with Gasteiger partial charge in [0, 0.05) is 6.20 Å². The number of hydrogen-bond acceptors (Lipinski definition) is 5. The summed E-state index contributed by atoms with van der Waals surface area (Å²) in [5.74, 6) is 0. The molecule has 1 aliphatic rings. The van der Waals surface area contributed by atoms with Gasteiger partial charge in [0.15, 0.2) is 0 Å². The molecule has 4 N–H and O–H groups in total. The highest BCUT2D eigenvalue weighted by Crippen LogP contribution is 2.01. The van der Waals surface area contributed by atoms with Gasteiger partial charge in [-0.2, -0.15) is 5.10 Å². The van der Waals surface area contributed by atoms with Crippen LogP contribution in [0.4, 0.5) is 0 Å². The van der Waals surface area contributed by atoms with Gasteiger partial charge < -0.3 is 10.8 Å². The molecule has 1 heterocycles. The molecule has 0 aromatic rings. The molecule has 5 heteroatoms. The zero-order valence-corrected chi connectivity index (χ0v) is 6.90. The number of nitrogens with two attached hydrogens (primary N) is 1. The lowest BCUT2D eigenvalue weighted by Gasteiger charge is -2.22. The van der Waals surface area contributed by atoms with Crippen LogP contribution in [0.15, 0.2) is 16.9 Å². The lowest BCUT2D eigenvalue weighted by atomic mass is 10.2. The number of hydrazone groups is 1. The Balaban J connectivity index is 2.44. The molecule has 0 aromatic heterocycles. The standard InChI is InChI=1S/C7H14N4O/c8-2-1-7-5-9-10-11(6-7)3-4-12/h5-6,10,12H,1-4,8H2. The summed E-state index contributed by atoms with van der Waals surface area (Å²) in [6.45, 7) is 1.26. The van der Waals surface area contributed by atoms with Gasteiger partial charge in [-0.3, -0.25) is 5.01 Å². The zero-order valence-electron chi connectivity index (χ0n) is 6.90. The number of aliphatic hydroxyl groups is 1. The summed E-state index contributed by atoms with van der Waals surface area (Å²) in [5, 5.41) is 14.3. The molecule has 0 radical (unpaired) electrons. The maximum Gasteiger partial charge on any atom is 0.0634 e. The fourth-order valence-electron chi connectivity index (χ4n) is 0.966. The lowest BCUT2D eigenvalue weighted by molar-refractivity contribution is 0.195. The van der Waals surface area contributed by atoms with Crippen LogP contribution < -0.4 is 11.3 Å². The molecular weight excluding hydrogens is 156 g/mol. The third kappa shape index (κ3) is 2.52. The smallest absolute Gasteiger partial charge is 0.0634 e. The number of hydrogen-bond donors (Lipinski definition) is 3. The Morgan fingerprint density at radius 2 is 2.50 bits per heavy atom. The van der Waals surface area contributed by atoms with Crippen LogP contribution in [0, 0.1) is 0 Å². The highest BCUT2D eigenvalue weighted by molar-refractivity contribution is 5.78. The van der Waals surface area contributed by atoms with Crippen LogP contribution in [-0.4, -0.2) is 36.0 Å². The van der Waals surface area contributed by atoms with Gasteiger partial charge in [0.25, 0.3) is 0 Å². The van der Waals surface area contributed by atoms with Crippen LogP contribution >= 0.6 is 0 Å². The van der Waals surface area contributed by atoms with Crippen LogP contribution in [0.2, 0.25) is 0 Å². The molecule has 1 aliphatic heterocycles. The summed E-state index contributed by atoms with van der Waals surface area (Å²) >= 11 is 0. The van der Waals surface area contributed by atoms with E-state index >= 15 is 0 Å². The van der Waals surface area contributed by atoms with E-state index in [9.17, 15) is 0 Å². The number of β-amino-alcohol motifs (C(OH)–C–C–N with tert-alkyl or cyclic N) is 1. The Labute approximate surface area is 71.5 Å². The molecule has 0 aromatic carbocycles. The first-order valence-corrected chi connectivity index (χ1v) is 3.94. The van der Waals surface area contributed by atoms with Gasteiger partial charge in [-0.1, -0.05) is 0 Å². The molecule has 0 aliphatic carbocycles. The lowest BCUT2D eigenvalue weighted by Crippen LogP contribution is -2.34. The fourth-order valence-corrected chi connectivity index (χ4v) is 0.966. The number of rotatable bonds is 4. The van der Waals surface area contributed by atoms with Gasteiger partial charge in [0.2, 0.25) is 0 Å². The topological polar surface area (TPSA) is 73.9 Å². The molecule has 68 valence electrons. The minimum Gasteiger partial charge on any atom is -0.394 e. The normalized spacial score (nSPS) is 15.8. The molecule has 0 unspecified atom stereocenters. The van der Waals surface area contributed by atoms with Crippen molar-refractivity contribution in [1.82, 2.24) is 10.5 Å². The minimum absolute atomic E-state index is 0.106. The molecule has 0 atom stereocenters. The Kier molecular flexibility index (Phi) is 3.56. The van der Waals surface area contributed by atoms with Crippen molar-refractivity contribution >= 4 is 6.21 Å². The van der Waals surface area contributed by atoms with Crippen molar-refractivity contribution in [1.29, 1.82) is 0 Å². The van der Waals surface area contributed by atoms with E-state index in [2.05, 4.69) is 10.6 Å². The Bertz CT molecular complexity index is 190. The number of aliphatic hydroxyl groups excluding tert-OH is 1. The molecule has 0 saturated carbocycles. The summed E-state index contributed by atoms with van der Waals surface area (Å²) in [6.07, 6.45) is 4.45. The highest BCUT2D eigenvalue weighted by Gasteiger charge is 2.03. The Hall–Kier alpha value is -1.07. The van der Waals surface area contributed by atoms with Gasteiger partial charge in [-0.25, -0.2) is 5.53 Å². The molecule has 0 saturated heterocycles. The maximum atomic E-state index is 8.65. The second-order valence-electron chi connectivity index (χ2n) is 2.52. The highest BCUT2D eigenvalue weighted by atomic mass is 16.3. The predicted molar refractivity (Wildman–Crippen MR) is 47.2 cm³/mol. The van der Waals surface area contributed by atoms with E-state index in [4.69, 9.17) is 10.8 Å². The van der Waals surface area contributed by atoms with E-state index in [0.29, 0.717) is 13.1 Å². The molecule has 0 amide bonds. The van der Waals surface area contributed by atoms with Gasteiger partial charge in [-0.15, -0.1) is 0 Å². The van der Waals surface area contributed by atoms with Gasteiger partial charge >= 0.3 is 0 Å². The van der Waals surface area contributed by atoms with E-state index in [-0.39, 0.29) is 6.61 Å². The van der Waals surface area contributed by atoms with Gasteiger partial charge in [0.1, 0.15) is 0 Å². The van der Waals surface area contributed by atoms with E-state index in [1.807, 2.05) is 6.20 Å². The molecule has 12 heavy (non-hydrogen) atoms.